The van der Waals surface area contributed by atoms with Crippen molar-refractivity contribution in [2.45, 2.75) is 37.7 Å². The van der Waals surface area contributed by atoms with E-state index in [1.54, 1.807) is 12.1 Å². The highest BCUT2D eigenvalue weighted by Gasteiger charge is 2.30. The summed E-state index contributed by atoms with van der Waals surface area (Å²) in [5.74, 6) is -1.47. The first kappa shape index (κ1) is 50.5. The SMILES string of the molecule is Cc1ccc(COc2ccc(-c3ccc(C4COC(c5c(F)cccc5F)=N4)cc3)cc2)cc1.FC(F)(F)c1ccc(CCl)cc1.Oc1ccc(-c2ccc(C3COC(c4c(F)cccc4F)=N3)cc2)cc1. The first-order valence-electron chi connectivity index (χ1n) is 22.5. The number of aromatic hydroxyl groups is 1. The summed E-state index contributed by atoms with van der Waals surface area (Å²) in [6.07, 6.45) is -4.26. The number of ether oxygens (including phenoxy) is 3. The van der Waals surface area contributed by atoms with E-state index in [9.17, 15) is 35.8 Å². The van der Waals surface area contributed by atoms with Crippen LogP contribution in [0, 0.1) is 30.2 Å². The minimum Gasteiger partial charge on any atom is -0.508 e. The van der Waals surface area contributed by atoms with E-state index >= 15 is 0 Å². The number of phenols is 1. The van der Waals surface area contributed by atoms with E-state index in [-0.39, 0.29) is 59.8 Å². The zero-order chi connectivity index (χ0) is 50.8. The molecule has 0 fully saturated rings. The normalized spacial score (nSPS) is 14.9. The molecule has 1 N–H and O–H groups in total. The number of halogens is 8. The second-order valence-electron chi connectivity index (χ2n) is 16.6. The lowest BCUT2D eigenvalue weighted by atomic mass is 10.0. The lowest BCUT2D eigenvalue weighted by Gasteiger charge is -2.09. The molecule has 0 amide bonds. The van der Waals surface area contributed by atoms with Gasteiger partial charge in [0.15, 0.2) is 0 Å². The molecule has 8 aromatic carbocycles. The van der Waals surface area contributed by atoms with Crippen molar-refractivity contribution in [1.29, 1.82) is 0 Å². The van der Waals surface area contributed by atoms with Crippen molar-refractivity contribution in [2.75, 3.05) is 13.2 Å². The van der Waals surface area contributed by atoms with Gasteiger partial charge in [-0.05, 0) is 112 Å². The van der Waals surface area contributed by atoms with E-state index in [0.29, 0.717) is 12.2 Å². The molecule has 72 heavy (non-hydrogen) atoms. The molecule has 0 saturated heterocycles. The lowest BCUT2D eigenvalue weighted by Crippen LogP contribution is -2.07. The van der Waals surface area contributed by atoms with E-state index in [1.165, 1.54) is 54.1 Å². The van der Waals surface area contributed by atoms with E-state index < -0.39 is 35.0 Å². The molecule has 2 heterocycles. The van der Waals surface area contributed by atoms with Crippen molar-refractivity contribution < 1.29 is 50.1 Å². The summed E-state index contributed by atoms with van der Waals surface area (Å²) in [7, 11) is 0. The van der Waals surface area contributed by atoms with Gasteiger partial charge in [-0.1, -0.05) is 127 Å². The molecule has 2 unspecified atom stereocenters. The Hall–Kier alpha value is -7.90. The highest BCUT2D eigenvalue weighted by Crippen LogP contribution is 2.33. The van der Waals surface area contributed by atoms with E-state index in [4.69, 9.17) is 25.8 Å². The molecular weight excluding hydrogens is 957 g/mol. The standard InChI is InChI=1S/C29H23F2NO2.C21H15F2NO2.C8H6ClF3/c1-19-5-7-20(8-6-19)17-33-24-15-13-22(14-16-24)21-9-11-23(12-10-21)27-18-34-29(32-27)28-25(30)3-2-4-26(28)31;22-17-2-1-3-18(23)20(17)21-24-19(12-26-21)15-6-4-13(5-7-15)14-8-10-16(25)11-9-14;9-5-6-1-3-7(4-2-6)8(10,11)12/h2-16,27H,17-18H2,1H3;1-11,19,25H,12H2;1-4H,5H2. The summed E-state index contributed by atoms with van der Waals surface area (Å²) in [5, 5.41) is 9.37. The van der Waals surface area contributed by atoms with Crippen LogP contribution in [0.4, 0.5) is 30.7 Å². The van der Waals surface area contributed by atoms with Crippen LogP contribution in [-0.4, -0.2) is 30.1 Å². The molecule has 10 rings (SSSR count). The first-order chi connectivity index (χ1) is 34.7. The van der Waals surface area contributed by atoms with Crippen LogP contribution in [0.15, 0.2) is 192 Å². The maximum Gasteiger partial charge on any atom is 0.416 e. The van der Waals surface area contributed by atoms with Gasteiger partial charge in [0.05, 0.1) is 5.56 Å². The van der Waals surface area contributed by atoms with Crippen LogP contribution >= 0.6 is 11.6 Å². The van der Waals surface area contributed by atoms with Crippen LogP contribution in [0.5, 0.6) is 11.5 Å². The average Bonchev–Trinajstić information content (AvgIpc) is 4.08. The lowest BCUT2D eigenvalue weighted by molar-refractivity contribution is -0.137. The number of aliphatic imine (C=N–C) groups is 2. The summed E-state index contributed by atoms with van der Waals surface area (Å²) >= 11 is 5.41. The van der Waals surface area contributed by atoms with Crippen molar-refractivity contribution in [2.24, 2.45) is 9.98 Å². The van der Waals surface area contributed by atoms with Crippen LogP contribution in [0.3, 0.4) is 0 Å². The van der Waals surface area contributed by atoms with Gasteiger partial charge in [-0.3, -0.25) is 0 Å². The minimum atomic E-state index is -4.26. The molecular formula is C58H44ClF7N2O4. The molecule has 366 valence electrons. The minimum absolute atomic E-state index is 0.00547. The first-order valence-corrected chi connectivity index (χ1v) is 23.1. The molecule has 2 atom stereocenters. The van der Waals surface area contributed by atoms with Gasteiger partial charge in [-0.15, -0.1) is 11.6 Å². The molecule has 0 bridgehead atoms. The van der Waals surface area contributed by atoms with Crippen LogP contribution in [-0.2, 0) is 28.1 Å². The molecule has 0 radical (unpaired) electrons. The third-order valence-corrected chi connectivity index (χ3v) is 11.9. The molecule has 6 nitrogen and oxygen atoms in total. The van der Waals surface area contributed by atoms with Crippen molar-refractivity contribution >= 4 is 23.4 Å². The van der Waals surface area contributed by atoms with Crippen molar-refractivity contribution in [3.63, 3.8) is 0 Å². The summed E-state index contributed by atoms with van der Waals surface area (Å²) in [4.78, 5) is 8.76. The van der Waals surface area contributed by atoms with Crippen molar-refractivity contribution in [1.82, 2.24) is 0 Å². The van der Waals surface area contributed by atoms with E-state index in [0.717, 1.165) is 56.8 Å². The second-order valence-corrected chi connectivity index (χ2v) is 16.9. The molecule has 0 aliphatic carbocycles. The quantitative estimate of drug-likeness (QED) is 0.109. The fourth-order valence-electron chi connectivity index (χ4n) is 7.59. The van der Waals surface area contributed by atoms with Crippen LogP contribution in [0.2, 0.25) is 0 Å². The summed E-state index contributed by atoms with van der Waals surface area (Å²) in [6, 6.07) is 50.4. The molecule has 14 heteroatoms. The number of alkyl halides is 4. The van der Waals surface area contributed by atoms with Crippen LogP contribution in [0.1, 0.15) is 56.6 Å². The zero-order valence-corrected chi connectivity index (χ0v) is 39.1. The van der Waals surface area contributed by atoms with Crippen LogP contribution < -0.4 is 4.74 Å². The van der Waals surface area contributed by atoms with Crippen molar-refractivity contribution in [3.05, 3.63) is 250 Å². The number of hydrogen-bond donors (Lipinski definition) is 1. The Balaban J connectivity index is 0.000000161. The summed E-state index contributed by atoms with van der Waals surface area (Å²) < 4.78 is 109. The van der Waals surface area contributed by atoms with Gasteiger partial charge in [0, 0.05) is 5.88 Å². The number of aryl methyl sites for hydroxylation is 1. The van der Waals surface area contributed by atoms with Crippen molar-refractivity contribution in [3.8, 4) is 33.8 Å². The Morgan fingerprint density at radius 3 is 1.32 bits per heavy atom. The number of phenolic OH excluding ortho intramolecular Hbond substituents is 1. The van der Waals surface area contributed by atoms with E-state index in [1.807, 2.05) is 84.9 Å². The van der Waals surface area contributed by atoms with E-state index in [2.05, 4.69) is 41.2 Å². The fraction of sp³-hybridized carbons (Fsp3) is 0.138. The maximum atomic E-state index is 14.0. The third-order valence-electron chi connectivity index (χ3n) is 11.6. The Morgan fingerprint density at radius 1 is 0.528 bits per heavy atom. The molecule has 0 aromatic heterocycles. The smallest absolute Gasteiger partial charge is 0.416 e. The van der Waals surface area contributed by atoms with Gasteiger partial charge in [0.2, 0.25) is 11.8 Å². The van der Waals surface area contributed by atoms with Crippen LogP contribution in [0.25, 0.3) is 22.3 Å². The second kappa shape index (κ2) is 22.9. The predicted octanol–water partition coefficient (Wildman–Crippen LogP) is 15.3. The summed E-state index contributed by atoms with van der Waals surface area (Å²) in [5.41, 5.74) is 7.88. The van der Waals surface area contributed by atoms with Gasteiger partial charge >= 0.3 is 6.18 Å². The third kappa shape index (κ3) is 12.7. The predicted molar refractivity (Wildman–Crippen MR) is 265 cm³/mol. The number of rotatable bonds is 10. The topological polar surface area (TPSA) is 72.6 Å². The van der Waals surface area contributed by atoms with Gasteiger partial charge in [0.25, 0.3) is 0 Å². The molecule has 2 aliphatic rings. The largest absolute Gasteiger partial charge is 0.508 e. The monoisotopic (exact) mass is 1000 g/mol. The Bertz CT molecular complexity index is 3110. The number of hydrogen-bond acceptors (Lipinski definition) is 6. The molecule has 8 aromatic rings. The molecule has 0 spiro atoms. The number of nitrogens with zero attached hydrogens (tertiary/aromatic N) is 2. The average molecular weight is 1000 g/mol. The van der Waals surface area contributed by atoms with Gasteiger partial charge in [-0.2, -0.15) is 13.2 Å². The molecule has 0 saturated carbocycles. The van der Waals surface area contributed by atoms with Gasteiger partial charge in [-0.25, -0.2) is 27.5 Å². The van der Waals surface area contributed by atoms with Gasteiger partial charge < -0.3 is 19.3 Å². The number of benzene rings is 8. The maximum absolute atomic E-state index is 14.0. The highest BCUT2D eigenvalue weighted by atomic mass is 35.5. The highest BCUT2D eigenvalue weighted by molar-refractivity contribution is 6.17. The fourth-order valence-corrected chi connectivity index (χ4v) is 7.77. The van der Waals surface area contributed by atoms with Gasteiger partial charge in [0.1, 0.15) is 77.8 Å². The molecule has 2 aliphatic heterocycles. The Kier molecular flexibility index (Phi) is 16.1. The Morgan fingerprint density at radius 2 is 0.917 bits per heavy atom. The Labute approximate surface area is 416 Å². The zero-order valence-electron chi connectivity index (χ0n) is 38.4. The summed E-state index contributed by atoms with van der Waals surface area (Å²) in [6.45, 7) is 3.07.